The van der Waals surface area contributed by atoms with Crippen LogP contribution in [0.4, 0.5) is 5.69 Å². The first-order valence-electron chi connectivity index (χ1n) is 11.7. The lowest BCUT2D eigenvalue weighted by Gasteiger charge is -2.15. The molecule has 1 atom stereocenters. The van der Waals surface area contributed by atoms with Crippen molar-refractivity contribution >= 4 is 28.3 Å². The fourth-order valence-electron chi connectivity index (χ4n) is 4.18. The van der Waals surface area contributed by atoms with Crippen molar-refractivity contribution in [3.8, 4) is 11.5 Å². The smallest absolute Gasteiger partial charge is 0.261 e. The van der Waals surface area contributed by atoms with Crippen molar-refractivity contribution in [1.82, 2.24) is 4.98 Å². The summed E-state index contributed by atoms with van der Waals surface area (Å²) in [5.41, 5.74) is 2.29. The third-order valence-electron chi connectivity index (χ3n) is 6.32. The van der Waals surface area contributed by atoms with Crippen molar-refractivity contribution in [2.45, 2.75) is 26.7 Å². The summed E-state index contributed by atoms with van der Waals surface area (Å²) < 4.78 is 10.6. The molecule has 38 heavy (non-hydrogen) atoms. The van der Waals surface area contributed by atoms with Crippen LogP contribution in [0, 0.1) is 6.92 Å². The molecule has 1 aromatic heterocycles. The summed E-state index contributed by atoms with van der Waals surface area (Å²) in [6.45, 7) is 1.64. The molecule has 198 valence electrons. The van der Waals surface area contributed by atoms with Gasteiger partial charge in [0, 0.05) is 35.0 Å². The van der Waals surface area contributed by atoms with Crippen molar-refractivity contribution < 1.29 is 24.2 Å². The average molecular weight is 517 g/mol. The van der Waals surface area contributed by atoms with Crippen molar-refractivity contribution in [2.24, 2.45) is 0 Å². The molecule has 1 heterocycles. The zero-order chi connectivity index (χ0) is 26.5. The number of pyridine rings is 1. The number of aromatic nitrogens is 1. The Hall–Kier alpha value is -4.43. The van der Waals surface area contributed by atoms with Gasteiger partial charge in [0.1, 0.15) is 5.56 Å². The number of rotatable bonds is 9. The molecule has 8 nitrogen and oxygen atoms in total. The van der Waals surface area contributed by atoms with Crippen LogP contribution in [0.2, 0.25) is 0 Å². The van der Waals surface area contributed by atoms with E-state index in [1.165, 1.54) is 20.3 Å². The molecule has 4 aromatic rings. The van der Waals surface area contributed by atoms with Gasteiger partial charge in [-0.15, -0.1) is 0 Å². The van der Waals surface area contributed by atoms with Crippen molar-refractivity contribution in [2.75, 3.05) is 26.1 Å². The summed E-state index contributed by atoms with van der Waals surface area (Å²) >= 11 is 0. The Balaban J connectivity index is 0.00000400. The minimum atomic E-state index is -0.608. The molecular formula is C30H32N2O6. The average Bonchev–Trinajstić information content (AvgIpc) is 2.91. The van der Waals surface area contributed by atoms with Crippen LogP contribution in [-0.4, -0.2) is 42.6 Å². The Morgan fingerprint density at radius 1 is 0.974 bits per heavy atom. The predicted molar refractivity (Wildman–Crippen MR) is 149 cm³/mol. The van der Waals surface area contributed by atoms with Gasteiger partial charge in [-0.1, -0.05) is 49.9 Å². The standard InChI is InChI=1S/C29H28N2O6.CH4/c1-17-9-10-19(25(33)13-21(16-32)18-7-5-4-6-8-18)12-23(17)30-28(34)22-11-20-14-26(36-2)27(37-3)15-24(20)31-29(22)35;/h4-12,14-15,21,32H,13,16H2,1-3H3,(H,30,34)(H,31,35);1H4/t21-;/m1./s1. The highest BCUT2D eigenvalue weighted by Crippen LogP contribution is 2.31. The fraction of sp³-hybridized carbons (Fsp3) is 0.233. The van der Waals surface area contributed by atoms with Crippen LogP contribution in [-0.2, 0) is 0 Å². The maximum Gasteiger partial charge on any atom is 0.261 e. The highest BCUT2D eigenvalue weighted by Gasteiger charge is 2.19. The third kappa shape index (κ3) is 5.92. The van der Waals surface area contributed by atoms with Crippen LogP contribution in [0.3, 0.4) is 0 Å². The Kier molecular flexibility index (Phi) is 9.04. The highest BCUT2D eigenvalue weighted by molar-refractivity contribution is 6.07. The number of hydrogen-bond donors (Lipinski definition) is 3. The molecule has 0 saturated heterocycles. The maximum atomic E-state index is 13.1. The topological polar surface area (TPSA) is 118 Å². The number of nitrogens with one attached hydrogen (secondary N) is 2. The number of carbonyl (C=O) groups excluding carboxylic acids is 2. The number of ether oxygens (including phenoxy) is 2. The number of aryl methyl sites for hydroxylation is 1. The predicted octanol–water partition coefficient (Wildman–Crippen LogP) is 5.09. The van der Waals surface area contributed by atoms with Crippen molar-refractivity contribution in [3.63, 3.8) is 0 Å². The number of anilines is 1. The molecule has 0 aliphatic rings. The number of amides is 1. The zero-order valence-corrected chi connectivity index (χ0v) is 20.8. The van der Waals surface area contributed by atoms with E-state index >= 15 is 0 Å². The number of Topliss-reactive ketones (excluding diaryl/α,β-unsaturated/α-hetero) is 1. The number of hydrogen-bond acceptors (Lipinski definition) is 6. The Bertz CT molecular complexity index is 1510. The van der Waals surface area contributed by atoms with Gasteiger partial charge in [0.15, 0.2) is 17.3 Å². The van der Waals surface area contributed by atoms with Gasteiger partial charge >= 0.3 is 0 Å². The van der Waals surface area contributed by atoms with E-state index in [0.29, 0.717) is 33.7 Å². The van der Waals surface area contributed by atoms with Gasteiger partial charge in [0.25, 0.3) is 11.5 Å². The minimum Gasteiger partial charge on any atom is -0.493 e. The first-order chi connectivity index (χ1) is 17.8. The number of carbonyl (C=O) groups is 2. The van der Waals surface area contributed by atoms with Crippen molar-refractivity contribution in [3.05, 3.63) is 99.3 Å². The van der Waals surface area contributed by atoms with Crippen LogP contribution < -0.4 is 20.3 Å². The number of H-pyrrole nitrogens is 1. The molecule has 3 aromatic carbocycles. The van der Waals surface area contributed by atoms with Gasteiger partial charge in [-0.05, 0) is 36.2 Å². The van der Waals surface area contributed by atoms with Gasteiger partial charge < -0.3 is 24.9 Å². The normalized spacial score (nSPS) is 11.4. The number of benzene rings is 3. The molecule has 0 aliphatic carbocycles. The fourth-order valence-corrected chi connectivity index (χ4v) is 4.18. The van der Waals surface area contributed by atoms with Crippen LogP contribution in [0.1, 0.15) is 51.6 Å². The summed E-state index contributed by atoms with van der Waals surface area (Å²) in [5.74, 6) is -0.186. The molecule has 3 N–H and O–H groups in total. The second-order valence-corrected chi connectivity index (χ2v) is 8.71. The molecular weight excluding hydrogens is 484 g/mol. The van der Waals surface area contributed by atoms with Gasteiger partial charge in [-0.2, -0.15) is 0 Å². The minimum absolute atomic E-state index is 0. The number of methoxy groups -OCH3 is 2. The van der Waals surface area contributed by atoms with Gasteiger partial charge in [0.05, 0.1) is 26.3 Å². The molecule has 0 fully saturated rings. The lowest BCUT2D eigenvalue weighted by molar-refractivity contribution is 0.0958. The van der Waals surface area contributed by atoms with Gasteiger partial charge in [-0.3, -0.25) is 14.4 Å². The van der Waals surface area contributed by atoms with Crippen LogP contribution >= 0.6 is 0 Å². The molecule has 0 saturated carbocycles. The Morgan fingerprint density at radius 3 is 2.32 bits per heavy atom. The van der Waals surface area contributed by atoms with Gasteiger partial charge in [0.2, 0.25) is 0 Å². The number of fused-ring (bicyclic) bond motifs is 1. The number of aromatic amines is 1. The van der Waals surface area contributed by atoms with Crippen molar-refractivity contribution in [1.29, 1.82) is 0 Å². The van der Waals surface area contributed by atoms with E-state index in [0.717, 1.165) is 11.1 Å². The van der Waals surface area contributed by atoms with E-state index in [4.69, 9.17) is 9.47 Å². The first kappa shape index (κ1) is 28.1. The quantitative estimate of drug-likeness (QED) is 0.267. The van der Waals surface area contributed by atoms with E-state index < -0.39 is 11.5 Å². The van der Waals surface area contributed by atoms with E-state index in [-0.39, 0.29) is 37.7 Å². The van der Waals surface area contributed by atoms with Crippen LogP contribution in [0.15, 0.2) is 71.5 Å². The number of aliphatic hydroxyl groups is 1. The lowest BCUT2D eigenvalue weighted by Crippen LogP contribution is -2.23. The van der Waals surface area contributed by atoms with Gasteiger partial charge in [-0.25, -0.2) is 0 Å². The SMILES string of the molecule is C.COc1cc2cc(C(=O)Nc3cc(C(=O)C[C@H](CO)c4ccccc4)ccc3C)c(=O)[nH]c2cc1OC. The van der Waals surface area contributed by atoms with E-state index in [1.807, 2.05) is 30.3 Å². The molecule has 0 unspecified atom stereocenters. The second kappa shape index (κ2) is 12.2. The van der Waals surface area contributed by atoms with E-state index in [2.05, 4.69) is 10.3 Å². The molecule has 1 amide bonds. The molecule has 0 bridgehead atoms. The summed E-state index contributed by atoms with van der Waals surface area (Å²) in [7, 11) is 3.00. The zero-order valence-electron chi connectivity index (χ0n) is 20.8. The number of ketones is 1. The van der Waals surface area contributed by atoms with Crippen LogP contribution in [0.25, 0.3) is 10.9 Å². The van der Waals surface area contributed by atoms with E-state index in [1.54, 1.807) is 37.3 Å². The van der Waals surface area contributed by atoms with Crippen LogP contribution in [0.5, 0.6) is 11.5 Å². The largest absolute Gasteiger partial charge is 0.493 e. The molecule has 8 heteroatoms. The maximum absolute atomic E-state index is 13.1. The summed E-state index contributed by atoms with van der Waals surface area (Å²) in [6.07, 6.45) is 0.118. The summed E-state index contributed by atoms with van der Waals surface area (Å²) in [5, 5.41) is 13.2. The highest BCUT2D eigenvalue weighted by atomic mass is 16.5. The summed E-state index contributed by atoms with van der Waals surface area (Å²) in [4.78, 5) is 41.5. The third-order valence-corrected chi connectivity index (χ3v) is 6.32. The number of aliphatic hydroxyl groups excluding tert-OH is 1. The molecule has 4 rings (SSSR count). The second-order valence-electron chi connectivity index (χ2n) is 8.71. The summed E-state index contributed by atoms with van der Waals surface area (Å²) in [6, 6.07) is 19.2. The monoisotopic (exact) mass is 516 g/mol. The Morgan fingerprint density at radius 2 is 1.66 bits per heavy atom. The molecule has 0 radical (unpaired) electrons. The molecule has 0 spiro atoms. The van der Waals surface area contributed by atoms with E-state index in [9.17, 15) is 19.5 Å². The first-order valence-corrected chi connectivity index (χ1v) is 11.7. The molecule has 0 aliphatic heterocycles. The Labute approximate surface area is 221 Å². The lowest BCUT2D eigenvalue weighted by atomic mass is 9.92.